The first kappa shape index (κ1) is 14.6. The third kappa shape index (κ3) is 2.85. The van der Waals surface area contributed by atoms with Crippen molar-refractivity contribution in [2.24, 2.45) is 0 Å². The van der Waals surface area contributed by atoms with E-state index < -0.39 is 5.41 Å². The number of hydrogen-bond donors (Lipinski definition) is 0. The SMILES string of the molecule is CCOC(=O)C(C)(C)c1csc(-c2ccnc(C)n2)n1. The van der Waals surface area contributed by atoms with Gasteiger partial charge in [0.15, 0.2) is 0 Å². The lowest BCUT2D eigenvalue weighted by atomic mass is 9.90. The lowest BCUT2D eigenvalue weighted by Gasteiger charge is -2.19. The fourth-order valence-corrected chi connectivity index (χ4v) is 2.63. The maximum atomic E-state index is 12.0. The van der Waals surface area contributed by atoms with Gasteiger partial charge in [-0.1, -0.05) is 0 Å². The van der Waals surface area contributed by atoms with E-state index >= 15 is 0 Å². The summed E-state index contributed by atoms with van der Waals surface area (Å²) in [5.74, 6) is 0.430. The van der Waals surface area contributed by atoms with E-state index in [0.717, 1.165) is 10.7 Å². The van der Waals surface area contributed by atoms with Crippen LogP contribution in [0.2, 0.25) is 0 Å². The van der Waals surface area contributed by atoms with Gasteiger partial charge in [-0.2, -0.15) is 0 Å². The fourth-order valence-electron chi connectivity index (χ4n) is 1.67. The molecule has 20 heavy (non-hydrogen) atoms. The molecule has 0 bridgehead atoms. The molecule has 0 aliphatic heterocycles. The van der Waals surface area contributed by atoms with E-state index in [1.54, 1.807) is 13.1 Å². The zero-order valence-electron chi connectivity index (χ0n) is 12.0. The first-order valence-electron chi connectivity index (χ1n) is 6.38. The van der Waals surface area contributed by atoms with Crippen molar-refractivity contribution in [3.63, 3.8) is 0 Å². The molecule has 0 aliphatic carbocycles. The van der Waals surface area contributed by atoms with Crippen molar-refractivity contribution >= 4 is 17.3 Å². The minimum atomic E-state index is -0.757. The molecule has 2 aromatic rings. The van der Waals surface area contributed by atoms with Crippen LogP contribution >= 0.6 is 11.3 Å². The average Bonchev–Trinajstić information content (AvgIpc) is 2.89. The largest absolute Gasteiger partial charge is 0.465 e. The quantitative estimate of drug-likeness (QED) is 0.810. The second kappa shape index (κ2) is 5.66. The predicted molar refractivity (Wildman–Crippen MR) is 77.5 cm³/mol. The van der Waals surface area contributed by atoms with Crippen LogP contribution in [0.1, 0.15) is 32.3 Å². The molecule has 0 N–H and O–H groups in total. The van der Waals surface area contributed by atoms with Gasteiger partial charge in [0.2, 0.25) is 0 Å². The Labute approximate surface area is 122 Å². The highest BCUT2D eigenvalue weighted by atomic mass is 32.1. The summed E-state index contributed by atoms with van der Waals surface area (Å²) < 4.78 is 5.10. The number of aryl methyl sites for hydroxylation is 1. The molecule has 0 atom stereocenters. The van der Waals surface area contributed by atoms with Gasteiger partial charge in [0.1, 0.15) is 21.9 Å². The van der Waals surface area contributed by atoms with Crippen LogP contribution in [0.5, 0.6) is 0 Å². The van der Waals surface area contributed by atoms with E-state index in [9.17, 15) is 4.79 Å². The van der Waals surface area contributed by atoms with Gasteiger partial charge in [-0.3, -0.25) is 4.79 Å². The lowest BCUT2D eigenvalue weighted by molar-refractivity contribution is -0.148. The predicted octanol–water partition coefficient (Wildman–Crippen LogP) is 2.75. The topological polar surface area (TPSA) is 65.0 Å². The Hall–Kier alpha value is -1.82. The summed E-state index contributed by atoms with van der Waals surface area (Å²) in [5, 5.41) is 2.66. The summed E-state index contributed by atoms with van der Waals surface area (Å²) >= 11 is 1.46. The first-order valence-corrected chi connectivity index (χ1v) is 7.26. The standard InChI is InChI=1S/C14H17N3O2S/c1-5-19-13(18)14(3,4)11-8-20-12(17-11)10-6-7-15-9(2)16-10/h6-8H,5H2,1-4H3. The summed E-state index contributed by atoms with van der Waals surface area (Å²) in [4.78, 5) is 24.9. The van der Waals surface area contributed by atoms with Crippen molar-refractivity contribution in [1.29, 1.82) is 0 Å². The molecule has 0 fully saturated rings. The Bertz CT molecular complexity index is 622. The first-order chi connectivity index (χ1) is 9.45. The van der Waals surface area contributed by atoms with E-state index in [-0.39, 0.29) is 5.97 Å². The van der Waals surface area contributed by atoms with E-state index in [4.69, 9.17) is 4.74 Å². The van der Waals surface area contributed by atoms with Gasteiger partial charge in [0, 0.05) is 11.6 Å². The molecule has 106 valence electrons. The number of carbonyl (C=O) groups is 1. The van der Waals surface area contributed by atoms with Gasteiger partial charge >= 0.3 is 5.97 Å². The van der Waals surface area contributed by atoms with Gasteiger partial charge in [0.05, 0.1) is 12.3 Å². The molecule has 0 radical (unpaired) electrons. The van der Waals surface area contributed by atoms with E-state index in [2.05, 4.69) is 15.0 Å². The minimum absolute atomic E-state index is 0.268. The Morgan fingerprint density at radius 1 is 1.40 bits per heavy atom. The molecule has 6 heteroatoms. The number of rotatable bonds is 4. The highest BCUT2D eigenvalue weighted by Crippen LogP contribution is 2.30. The normalized spacial score (nSPS) is 11.4. The van der Waals surface area contributed by atoms with Gasteiger partial charge in [-0.25, -0.2) is 15.0 Å². The van der Waals surface area contributed by atoms with E-state index in [1.165, 1.54) is 11.3 Å². The van der Waals surface area contributed by atoms with Crippen molar-refractivity contribution in [3.05, 3.63) is 29.2 Å². The van der Waals surface area contributed by atoms with Crippen molar-refractivity contribution in [2.75, 3.05) is 6.61 Å². The smallest absolute Gasteiger partial charge is 0.317 e. The minimum Gasteiger partial charge on any atom is -0.465 e. The van der Waals surface area contributed by atoms with Crippen molar-refractivity contribution in [1.82, 2.24) is 15.0 Å². The number of hydrogen-bond acceptors (Lipinski definition) is 6. The van der Waals surface area contributed by atoms with Crippen molar-refractivity contribution < 1.29 is 9.53 Å². The summed E-state index contributed by atoms with van der Waals surface area (Å²) in [6.45, 7) is 7.62. The Morgan fingerprint density at radius 3 is 2.80 bits per heavy atom. The zero-order chi connectivity index (χ0) is 14.8. The highest BCUT2D eigenvalue weighted by molar-refractivity contribution is 7.13. The van der Waals surface area contributed by atoms with Crippen LogP contribution in [0.15, 0.2) is 17.6 Å². The third-order valence-corrected chi connectivity index (χ3v) is 3.79. The number of thiazole rings is 1. The van der Waals surface area contributed by atoms with Crippen LogP contribution in [0, 0.1) is 6.92 Å². The van der Waals surface area contributed by atoms with E-state index in [0.29, 0.717) is 18.1 Å². The second-order valence-corrected chi connectivity index (χ2v) is 5.73. The zero-order valence-corrected chi connectivity index (χ0v) is 12.8. The average molecular weight is 291 g/mol. The molecule has 0 saturated carbocycles. The van der Waals surface area contributed by atoms with Crippen LogP contribution in [-0.4, -0.2) is 27.5 Å². The van der Waals surface area contributed by atoms with Crippen LogP contribution in [-0.2, 0) is 14.9 Å². The van der Waals surface area contributed by atoms with E-state index in [1.807, 2.05) is 32.2 Å². The van der Waals surface area contributed by atoms with Gasteiger partial charge in [-0.05, 0) is 33.8 Å². The van der Waals surface area contributed by atoms with Crippen LogP contribution in [0.3, 0.4) is 0 Å². The fraction of sp³-hybridized carbons (Fsp3) is 0.429. The monoisotopic (exact) mass is 291 g/mol. The Balaban J connectivity index is 2.31. The molecular weight excluding hydrogens is 274 g/mol. The molecule has 0 aliphatic rings. The molecule has 2 rings (SSSR count). The van der Waals surface area contributed by atoms with Crippen LogP contribution in [0.25, 0.3) is 10.7 Å². The summed E-state index contributed by atoms with van der Waals surface area (Å²) in [7, 11) is 0. The number of ether oxygens (including phenoxy) is 1. The Kier molecular flexibility index (Phi) is 4.13. The van der Waals surface area contributed by atoms with Crippen LogP contribution < -0.4 is 0 Å². The molecule has 5 nitrogen and oxygen atoms in total. The van der Waals surface area contributed by atoms with Crippen LogP contribution in [0.4, 0.5) is 0 Å². The number of carbonyl (C=O) groups excluding carboxylic acids is 1. The molecule has 0 spiro atoms. The van der Waals surface area contributed by atoms with Gasteiger partial charge in [0.25, 0.3) is 0 Å². The third-order valence-electron chi connectivity index (χ3n) is 2.93. The molecule has 0 amide bonds. The number of esters is 1. The molecule has 0 aromatic carbocycles. The van der Waals surface area contributed by atoms with Crippen molar-refractivity contribution in [2.45, 2.75) is 33.1 Å². The number of aromatic nitrogens is 3. The lowest BCUT2D eigenvalue weighted by Crippen LogP contribution is -2.31. The Morgan fingerprint density at radius 2 is 2.15 bits per heavy atom. The van der Waals surface area contributed by atoms with Crippen molar-refractivity contribution in [3.8, 4) is 10.7 Å². The molecule has 2 heterocycles. The summed E-state index contributed by atoms with van der Waals surface area (Å²) in [5.41, 5.74) is 0.716. The summed E-state index contributed by atoms with van der Waals surface area (Å²) in [6, 6.07) is 1.81. The van der Waals surface area contributed by atoms with Gasteiger partial charge in [-0.15, -0.1) is 11.3 Å². The highest BCUT2D eigenvalue weighted by Gasteiger charge is 2.34. The second-order valence-electron chi connectivity index (χ2n) is 4.87. The maximum Gasteiger partial charge on any atom is 0.317 e. The number of nitrogens with zero attached hydrogens (tertiary/aromatic N) is 3. The molecule has 0 unspecified atom stereocenters. The molecule has 2 aromatic heterocycles. The maximum absolute atomic E-state index is 12.0. The molecule has 0 saturated heterocycles. The van der Waals surface area contributed by atoms with Gasteiger partial charge < -0.3 is 4.74 Å². The summed E-state index contributed by atoms with van der Waals surface area (Å²) in [6.07, 6.45) is 1.70. The molecular formula is C14H17N3O2S.